The lowest BCUT2D eigenvalue weighted by Crippen LogP contribution is -2.17. The van der Waals surface area contributed by atoms with E-state index in [1.165, 1.54) is 7.05 Å². The smallest absolute Gasteiger partial charge is 0.339 e. The third kappa shape index (κ3) is 2.63. The molecular formula is C12H9F2N3O3. The first-order valence-corrected chi connectivity index (χ1v) is 5.42. The molecule has 0 atom stereocenters. The fraction of sp³-hybridized carbons (Fsp3) is 0.0833. The predicted octanol–water partition coefficient (Wildman–Crippen LogP) is 1.65. The molecule has 1 aromatic heterocycles. The summed E-state index contributed by atoms with van der Waals surface area (Å²) >= 11 is 0. The van der Waals surface area contributed by atoms with Crippen LogP contribution in [0.4, 0.5) is 14.5 Å². The highest BCUT2D eigenvalue weighted by Crippen LogP contribution is 2.17. The number of carbonyl (C=O) groups excluding carboxylic acids is 1. The number of aromatic nitrogens is 2. The summed E-state index contributed by atoms with van der Waals surface area (Å²) in [6.45, 7) is 0. The third-order valence-corrected chi connectivity index (χ3v) is 2.45. The van der Waals surface area contributed by atoms with Crippen molar-refractivity contribution in [2.45, 2.75) is 0 Å². The van der Waals surface area contributed by atoms with E-state index in [-0.39, 0.29) is 11.3 Å². The molecule has 0 aliphatic heterocycles. The van der Waals surface area contributed by atoms with Gasteiger partial charge in [0.2, 0.25) is 0 Å². The Labute approximate surface area is 111 Å². The minimum absolute atomic E-state index is 0.332. The highest BCUT2D eigenvalue weighted by atomic mass is 19.1. The second-order valence-electron chi connectivity index (χ2n) is 3.95. The van der Waals surface area contributed by atoms with Gasteiger partial charge in [-0.15, -0.1) is 0 Å². The maximum Gasteiger partial charge on any atom is 0.339 e. The van der Waals surface area contributed by atoms with Crippen molar-refractivity contribution in [2.24, 2.45) is 7.05 Å². The largest absolute Gasteiger partial charge is 0.478 e. The molecular weight excluding hydrogens is 272 g/mol. The molecule has 20 heavy (non-hydrogen) atoms. The fourth-order valence-electron chi connectivity index (χ4n) is 1.59. The molecule has 6 nitrogen and oxygen atoms in total. The van der Waals surface area contributed by atoms with Crippen LogP contribution in [0.1, 0.15) is 20.8 Å². The molecule has 2 rings (SSSR count). The molecule has 0 fully saturated rings. The topological polar surface area (TPSA) is 84.2 Å². The average Bonchev–Trinajstić information content (AvgIpc) is 2.76. The molecule has 1 amide bonds. The quantitative estimate of drug-likeness (QED) is 0.896. The van der Waals surface area contributed by atoms with E-state index < -0.39 is 29.2 Å². The zero-order chi connectivity index (χ0) is 14.9. The number of rotatable bonds is 3. The predicted molar refractivity (Wildman–Crippen MR) is 64.5 cm³/mol. The summed E-state index contributed by atoms with van der Waals surface area (Å²) in [5.41, 5.74) is -1.11. The van der Waals surface area contributed by atoms with Crippen molar-refractivity contribution < 1.29 is 23.5 Å². The van der Waals surface area contributed by atoms with Crippen LogP contribution in [0.15, 0.2) is 24.4 Å². The molecule has 0 saturated carbocycles. The van der Waals surface area contributed by atoms with E-state index in [0.29, 0.717) is 0 Å². The number of anilines is 1. The number of nitrogens with one attached hydrogen (secondary N) is 1. The molecule has 8 heteroatoms. The van der Waals surface area contributed by atoms with Gasteiger partial charge in [-0.3, -0.25) is 9.48 Å². The molecule has 0 aliphatic rings. The lowest BCUT2D eigenvalue weighted by atomic mass is 10.2. The van der Waals surface area contributed by atoms with Gasteiger partial charge in [0.15, 0.2) is 5.69 Å². The number of hydrogen-bond donors (Lipinski definition) is 2. The van der Waals surface area contributed by atoms with E-state index in [1.54, 1.807) is 0 Å². The first-order valence-electron chi connectivity index (χ1n) is 5.42. The number of hydrogen-bond acceptors (Lipinski definition) is 3. The lowest BCUT2D eigenvalue weighted by molar-refractivity contribution is 0.0692. The number of carbonyl (C=O) groups is 2. The van der Waals surface area contributed by atoms with Crippen molar-refractivity contribution >= 4 is 17.6 Å². The molecule has 0 unspecified atom stereocenters. The highest BCUT2D eigenvalue weighted by Gasteiger charge is 2.22. The molecule has 1 heterocycles. The molecule has 2 N–H and O–H groups in total. The zero-order valence-electron chi connectivity index (χ0n) is 10.2. The van der Waals surface area contributed by atoms with E-state index in [4.69, 9.17) is 5.11 Å². The summed E-state index contributed by atoms with van der Waals surface area (Å²) in [4.78, 5) is 22.8. The van der Waals surface area contributed by atoms with Crippen molar-refractivity contribution in [1.29, 1.82) is 0 Å². The average molecular weight is 281 g/mol. The Morgan fingerprint density at radius 1 is 1.35 bits per heavy atom. The van der Waals surface area contributed by atoms with E-state index in [2.05, 4.69) is 10.4 Å². The molecule has 2 aromatic rings. The first-order chi connectivity index (χ1) is 9.38. The van der Waals surface area contributed by atoms with Gasteiger partial charge in [-0.05, 0) is 12.1 Å². The molecule has 0 radical (unpaired) electrons. The fourth-order valence-corrected chi connectivity index (χ4v) is 1.59. The van der Waals surface area contributed by atoms with E-state index in [0.717, 1.165) is 29.1 Å². The summed E-state index contributed by atoms with van der Waals surface area (Å²) in [6.07, 6.45) is 1.14. The standard InChI is InChI=1S/C12H9F2N3O3/c1-17-5-7(12(19)20)10(16-17)11(18)15-9-4-6(13)2-3-8(9)14/h2-5H,1H3,(H,15,18)(H,19,20). The van der Waals surface area contributed by atoms with Gasteiger partial charge in [-0.1, -0.05) is 0 Å². The van der Waals surface area contributed by atoms with Crippen molar-refractivity contribution in [1.82, 2.24) is 9.78 Å². The van der Waals surface area contributed by atoms with Crippen molar-refractivity contribution in [3.8, 4) is 0 Å². The van der Waals surface area contributed by atoms with E-state index in [9.17, 15) is 18.4 Å². The first kappa shape index (κ1) is 13.7. The summed E-state index contributed by atoms with van der Waals surface area (Å²) in [5, 5.41) is 14.7. The second kappa shape index (κ2) is 5.08. The van der Waals surface area contributed by atoms with Gasteiger partial charge in [-0.2, -0.15) is 5.10 Å². The number of aryl methyl sites for hydroxylation is 1. The summed E-state index contributed by atoms with van der Waals surface area (Å²) in [7, 11) is 1.44. The Hall–Kier alpha value is -2.77. The molecule has 1 aromatic carbocycles. The van der Waals surface area contributed by atoms with E-state index >= 15 is 0 Å². The SMILES string of the molecule is Cn1cc(C(=O)O)c(C(=O)Nc2cc(F)ccc2F)n1. The number of carboxylic acids is 1. The Morgan fingerprint density at radius 3 is 2.70 bits per heavy atom. The van der Waals surface area contributed by atoms with Crippen molar-refractivity contribution in [3.63, 3.8) is 0 Å². The number of aromatic carboxylic acids is 1. The minimum atomic E-state index is -1.34. The van der Waals surface area contributed by atoms with Gasteiger partial charge in [0.1, 0.15) is 17.2 Å². The maximum absolute atomic E-state index is 13.4. The van der Waals surface area contributed by atoms with Gasteiger partial charge in [-0.25, -0.2) is 13.6 Å². The number of benzene rings is 1. The van der Waals surface area contributed by atoms with Crippen LogP contribution in [0.25, 0.3) is 0 Å². The Bertz CT molecular complexity index is 697. The van der Waals surface area contributed by atoms with Gasteiger partial charge in [0.05, 0.1) is 5.69 Å². The van der Waals surface area contributed by atoms with Crippen LogP contribution < -0.4 is 5.32 Å². The Kier molecular flexibility index (Phi) is 3.47. The lowest BCUT2D eigenvalue weighted by Gasteiger charge is -2.05. The van der Waals surface area contributed by atoms with Gasteiger partial charge in [0.25, 0.3) is 5.91 Å². The number of nitrogens with zero attached hydrogens (tertiary/aromatic N) is 2. The highest BCUT2D eigenvalue weighted by molar-refractivity contribution is 6.09. The van der Waals surface area contributed by atoms with E-state index in [1.807, 2.05) is 0 Å². The molecule has 0 bridgehead atoms. The number of amides is 1. The van der Waals surface area contributed by atoms with Gasteiger partial charge >= 0.3 is 5.97 Å². The van der Waals surface area contributed by atoms with Crippen LogP contribution in [0.2, 0.25) is 0 Å². The second-order valence-corrected chi connectivity index (χ2v) is 3.95. The van der Waals surface area contributed by atoms with Crippen LogP contribution in [0.5, 0.6) is 0 Å². The summed E-state index contributed by atoms with van der Waals surface area (Å²) < 4.78 is 27.5. The minimum Gasteiger partial charge on any atom is -0.478 e. The van der Waals surface area contributed by atoms with Crippen molar-refractivity contribution in [3.05, 3.63) is 47.3 Å². The summed E-state index contributed by atoms with van der Waals surface area (Å²) in [5.74, 6) is -3.86. The molecule has 104 valence electrons. The zero-order valence-corrected chi connectivity index (χ0v) is 10.2. The Balaban J connectivity index is 2.33. The maximum atomic E-state index is 13.4. The van der Waals surface area contributed by atoms with Gasteiger partial charge in [0, 0.05) is 19.3 Å². The van der Waals surface area contributed by atoms with Crippen LogP contribution >= 0.6 is 0 Å². The monoisotopic (exact) mass is 281 g/mol. The Morgan fingerprint density at radius 2 is 2.05 bits per heavy atom. The number of carboxylic acid groups (broad SMARTS) is 1. The number of halogens is 2. The van der Waals surface area contributed by atoms with Gasteiger partial charge < -0.3 is 10.4 Å². The van der Waals surface area contributed by atoms with Crippen LogP contribution in [-0.4, -0.2) is 26.8 Å². The van der Waals surface area contributed by atoms with Crippen LogP contribution in [-0.2, 0) is 7.05 Å². The molecule has 0 saturated heterocycles. The summed E-state index contributed by atoms with van der Waals surface area (Å²) in [6, 6.07) is 2.53. The molecule has 0 spiro atoms. The van der Waals surface area contributed by atoms with Crippen LogP contribution in [0, 0.1) is 11.6 Å². The van der Waals surface area contributed by atoms with Crippen LogP contribution in [0.3, 0.4) is 0 Å². The van der Waals surface area contributed by atoms with Crippen molar-refractivity contribution in [2.75, 3.05) is 5.32 Å². The molecule has 0 aliphatic carbocycles. The third-order valence-electron chi connectivity index (χ3n) is 2.45. The normalized spacial score (nSPS) is 10.3.